The lowest BCUT2D eigenvalue weighted by atomic mass is 10.1. The topological polar surface area (TPSA) is 49.3 Å². The Morgan fingerprint density at radius 2 is 2.12 bits per heavy atom. The summed E-state index contributed by atoms with van der Waals surface area (Å²) < 4.78 is 26.4. The number of unbranched alkanes of at least 4 members (excludes halogenated alkanes) is 1. The summed E-state index contributed by atoms with van der Waals surface area (Å²) in [4.78, 5) is 11.4. The molecule has 0 atom stereocenters. The van der Waals surface area contributed by atoms with Crippen molar-refractivity contribution in [2.45, 2.75) is 19.8 Å². The number of hydrogen-bond donors (Lipinski definition) is 2. The second-order valence-corrected chi connectivity index (χ2v) is 3.36. The predicted octanol–water partition coefficient (Wildman–Crippen LogP) is 2.20. The molecule has 16 heavy (non-hydrogen) atoms. The van der Waals surface area contributed by atoms with Crippen molar-refractivity contribution in [1.82, 2.24) is 5.32 Å². The van der Waals surface area contributed by atoms with E-state index in [1.807, 2.05) is 6.92 Å². The van der Waals surface area contributed by atoms with Crippen molar-refractivity contribution in [3.8, 4) is 5.75 Å². The van der Waals surface area contributed by atoms with Gasteiger partial charge in [0.1, 0.15) is 11.4 Å². The Bertz CT molecular complexity index is 394. The molecule has 0 saturated carbocycles. The van der Waals surface area contributed by atoms with Gasteiger partial charge in [0.2, 0.25) is 0 Å². The largest absolute Gasteiger partial charge is 0.505 e. The van der Waals surface area contributed by atoms with E-state index >= 15 is 0 Å². The van der Waals surface area contributed by atoms with Gasteiger partial charge in [0.05, 0.1) is 0 Å². The van der Waals surface area contributed by atoms with E-state index in [2.05, 4.69) is 5.32 Å². The highest BCUT2D eigenvalue weighted by molar-refractivity contribution is 5.95. The fraction of sp³-hybridized carbons (Fsp3) is 0.364. The minimum Gasteiger partial charge on any atom is -0.505 e. The van der Waals surface area contributed by atoms with Gasteiger partial charge in [-0.15, -0.1) is 0 Å². The first kappa shape index (κ1) is 12.4. The lowest BCUT2D eigenvalue weighted by Gasteiger charge is -2.07. The number of phenolic OH excluding ortho intramolecular Hbond substituents is 1. The van der Waals surface area contributed by atoms with Gasteiger partial charge in [0, 0.05) is 6.54 Å². The Hall–Kier alpha value is -1.65. The molecule has 0 aromatic heterocycles. The summed E-state index contributed by atoms with van der Waals surface area (Å²) in [5, 5.41) is 11.4. The summed E-state index contributed by atoms with van der Waals surface area (Å²) >= 11 is 0. The first-order valence-corrected chi connectivity index (χ1v) is 5.03. The number of nitrogens with one attached hydrogen (secondary N) is 1. The third-order valence-electron chi connectivity index (χ3n) is 2.11. The van der Waals surface area contributed by atoms with Crippen LogP contribution in [0.25, 0.3) is 0 Å². The fourth-order valence-corrected chi connectivity index (χ4v) is 1.22. The predicted molar refractivity (Wildman–Crippen MR) is 55.3 cm³/mol. The van der Waals surface area contributed by atoms with Gasteiger partial charge >= 0.3 is 0 Å². The summed E-state index contributed by atoms with van der Waals surface area (Å²) in [6.07, 6.45) is 1.60. The monoisotopic (exact) mass is 229 g/mol. The number of carbonyl (C=O) groups is 1. The Labute approximate surface area is 92.1 Å². The number of amides is 1. The first-order chi connectivity index (χ1) is 7.57. The van der Waals surface area contributed by atoms with Crippen LogP contribution in [-0.4, -0.2) is 17.6 Å². The molecule has 1 aromatic rings. The minimum atomic E-state index is -1.23. The standard InChI is InChI=1S/C11H13F2NO2/c1-2-3-6-14-11(16)9-7(12)4-5-8(15)10(9)13/h4-5,15H,2-3,6H2,1H3,(H,14,16). The van der Waals surface area contributed by atoms with Crippen LogP contribution in [0.1, 0.15) is 30.1 Å². The molecule has 0 bridgehead atoms. The Balaban J connectivity index is 2.86. The number of benzene rings is 1. The lowest BCUT2D eigenvalue weighted by molar-refractivity contribution is 0.0943. The van der Waals surface area contributed by atoms with E-state index < -0.39 is 28.9 Å². The molecular formula is C11H13F2NO2. The zero-order valence-electron chi connectivity index (χ0n) is 8.89. The second kappa shape index (κ2) is 5.44. The highest BCUT2D eigenvalue weighted by Crippen LogP contribution is 2.21. The molecular weight excluding hydrogens is 216 g/mol. The average Bonchev–Trinajstić information content (AvgIpc) is 2.24. The van der Waals surface area contributed by atoms with E-state index in [9.17, 15) is 13.6 Å². The number of phenols is 1. The van der Waals surface area contributed by atoms with Gasteiger partial charge in [0.15, 0.2) is 11.6 Å². The molecule has 1 rings (SSSR count). The second-order valence-electron chi connectivity index (χ2n) is 3.36. The molecule has 0 saturated heterocycles. The fourth-order valence-electron chi connectivity index (χ4n) is 1.22. The molecule has 0 unspecified atom stereocenters. The van der Waals surface area contributed by atoms with E-state index in [-0.39, 0.29) is 0 Å². The Morgan fingerprint density at radius 1 is 1.44 bits per heavy atom. The van der Waals surface area contributed by atoms with E-state index in [1.165, 1.54) is 0 Å². The van der Waals surface area contributed by atoms with Crippen molar-refractivity contribution in [3.05, 3.63) is 29.3 Å². The number of hydrogen-bond acceptors (Lipinski definition) is 2. The summed E-state index contributed by atoms with van der Waals surface area (Å²) in [6.45, 7) is 2.28. The van der Waals surface area contributed by atoms with Crippen LogP contribution >= 0.6 is 0 Å². The molecule has 88 valence electrons. The first-order valence-electron chi connectivity index (χ1n) is 5.03. The maximum atomic E-state index is 13.3. The van der Waals surface area contributed by atoms with Crippen LogP contribution < -0.4 is 5.32 Å². The van der Waals surface area contributed by atoms with Crippen molar-refractivity contribution in [2.24, 2.45) is 0 Å². The minimum absolute atomic E-state index is 0.351. The molecule has 0 aliphatic rings. The molecule has 1 amide bonds. The zero-order valence-corrected chi connectivity index (χ0v) is 8.89. The molecule has 0 aliphatic carbocycles. The van der Waals surface area contributed by atoms with Crippen molar-refractivity contribution >= 4 is 5.91 Å². The smallest absolute Gasteiger partial charge is 0.257 e. The zero-order chi connectivity index (χ0) is 12.1. The van der Waals surface area contributed by atoms with Gasteiger partial charge in [-0.25, -0.2) is 8.78 Å². The molecule has 0 aliphatic heterocycles. The molecule has 2 N–H and O–H groups in total. The van der Waals surface area contributed by atoms with Crippen molar-refractivity contribution in [3.63, 3.8) is 0 Å². The van der Waals surface area contributed by atoms with Gasteiger partial charge in [-0.2, -0.15) is 0 Å². The molecule has 0 fully saturated rings. The molecule has 5 heteroatoms. The van der Waals surface area contributed by atoms with Crippen LogP contribution in [0.2, 0.25) is 0 Å². The van der Waals surface area contributed by atoms with Crippen LogP contribution in [0, 0.1) is 11.6 Å². The van der Waals surface area contributed by atoms with Crippen LogP contribution in [-0.2, 0) is 0 Å². The summed E-state index contributed by atoms with van der Waals surface area (Å²) in [5.74, 6) is -3.79. The number of rotatable bonds is 4. The van der Waals surface area contributed by atoms with Crippen molar-refractivity contribution in [1.29, 1.82) is 0 Å². The molecule has 1 aromatic carbocycles. The number of aromatic hydroxyl groups is 1. The third kappa shape index (κ3) is 2.68. The normalized spacial score (nSPS) is 10.2. The summed E-state index contributed by atoms with van der Waals surface area (Å²) in [5.41, 5.74) is -0.740. The highest BCUT2D eigenvalue weighted by atomic mass is 19.1. The van der Waals surface area contributed by atoms with Gasteiger partial charge < -0.3 is 10.4 Å². The highest BCUT2D eigenvalue weighted by Gasteiger charge is 2.19. The lowest BCUT2D eigenvalue weighted by Crippen LogP contribution is -2.26. The van der Waals surface area contributed by atoms with E-state index in [4.69, 9.17) is 5.11 Å². The van der Waals surface area contributed by atoms with E-state index in [0.717, 1.165) is 25.0 Å². The maximum Gasteiger partial charge on any atom is 0.257 e. The average molecular weight is 229 g/mol. The van der Waals surface area contributed by atoms with Crippen LogP contribution in [0.5, 0.6) is 5.75 Å². The Morgan fingerprint density at radius 3 is 2.75 bits per heavy atom. The summed E-state index contributed by atoms with van der Waals surface area (Å²) in [7, 11) is 0. The van der Waals surface area contributed by atoms with Crippen molar-refractivity contribution < 1.29 is 18.7 Å². The van der Waals surface area contributed by atoms with Crippen molar-refractivity contribution in [2.75, 3.05) is 6.54 Å². The van der Waals surface area contributed by atoms with Gasteiger partial charge in [-0.3, -0.25) is 4.79 Å². The quantitative estimate of drug-likeness (QED) is 0.777. The van der Waals surface area contributed by atoms with Gasteiger partial charge in [-0.1, -0.05) is 13.3 Å². The van der Waals surface area contributed by atoms with Crippen LogP contribution in [0.3, 0.4) is 0 Å². The van der Waals surface area contributed by atoms with E-state index in [0.29, 0.717) is 6.54 Å². The SMILES string of the molecule is CCCCNC(=O)c1c(F)ccc(O)c1F. The third-order valence-corrected chi connectivity index (χ3v) is 2.11. The van der Waals surface area contributed by atoms with Gasteiger partial charge in [0.25, 0.3) is 5.91 Å². The van der Waals surface area contributed by atoms with E-state index in [1.54, 1.807) is 0 Å². The molecule has 0 spiro atoms. The van der Waals surface area contributed by atoms with Gasteiger partial charge in [-0.05, 0) is 18.6 Å². The molecule has 0 heterocycles. The number of halogens is 2. The maximum absolute atomic E-state index is 13.3. The van der Waals surface area contributed by atoms with Crippen LogP contribution in [0.4, 0.5) is 8.78 Å². The molecule has 0 radical (unpaired) electrons. The summed E-state index contributed by atoms with van der Waals surface area (Å²) in [6, 6.07) is 1.72. The molecule has 3 nitrogen and oxygen atoms in total. The Kier molecular flexibility index (Phi) is 4.22. The van der Waals surface area contributed by atoms with Crippen LogP contribution in [0.15, 0.2) is 12.1 Å². The number of carbonyl (C=O) groups excluding carboxylic acids is 1.